The van der Waals surface area contributed by atoms with Crippen molar-refractivity contribution >= 4 is 0 Å². The fourth-order valence-corrected chi connectivity index (χ4v) is 2.70. The Kier molecular flexibility index (Phi) is 5.05. The number of piperidine rings is 1. The molecule has 4 heteroatoms. The molecule has 19 heavy (non-hydrogen) atoms. The molecule has 1 fully saturated rings. The standard InChI is InChI=1S/C15H24N2O2/c1-16-13-7-9-17(10-8-13)11-12-5-4-6-14(18-2)15(12)19-3/h4-6,13,16H,7-11H2,1-3H3. The van der Waals surface area contributed by atoms with E-state index in [1.165, 1.54) is 18.4 Å². The van der Waals surface area contributed by atoms with Gasteiger partial charge < -0.3 is 14.8 Å². The van der Waals surface area contributed by atoms with Crippen molar-refractivity contribution in [2.75, 3.05) is 34.4 Å². The van der Waals surface area contributed by atoms with E-state index in [-0.39, 0.29) is 0 Å². The van der Waals surface area contributed by atoms with E-state index >= 15 is 0 Å². The quantitative estimate of drug-likeness (QED) is 0.880. The molecule has 0 aliphatic carbocycles. The second-order valence-electron chi connectivity index (χ2n) is 4.99. The minimum Gasteiger partial charge on any atom is -0.493 e. The average Bonchev–Trinajstić information content (AvgIpc) is 2.47. The van der Waals surface area contributed by atoms with E-state index < -0.39 is 0 Å². The van der Waals surface area contributed by atoms with Gasteiger partial charge in [-0.25, -0.2) is 0 Å². The zero-order valence-corrected chi connectivity index (χ0v) is 12.1. The highest BCUT2D eigenvalue weighted by Gasteiger charge is 2.19. The fourth-order valence-electron chi connectivity index (χ4n) is 2.70. The smallest absolute Gasteiger partial charge is 0.165 e. The van der Waals surface area contributed by atoms with Crippen LogP contribution in [0.3, 0.4) is 0 Å². The Morgan fingerprint density at radius 3 is 2.53 bits per heavy atom. The van der Waals surface area contributed by atoms with E-state index in [1.54, 1.807) is 14.2 Å². The molecule has 0 unspecified atom stereocenters. The summed E-state index contributed by atoms with van der Waals surface area (Å²) in [4.78, 5) is 2.48. The summed E-state index contributed by atoms with van der Waals surface area (Å²) in [5.74, 6) is 1.67. The predicted molar refractivity (Wildman–Crippen MR) is 76.9 cm³/mol. The molecule has 2 rings (SSSR count). The zero-order valence-electron chi connectivity index (χ0n) is 12.1. The molecule has 1 aliphatic heterocycles. The molecular weight excluding hydrogens is 240 g/mol. The molecule has 0 bridgehead atoms. The largest absolute Gasteiger partial charge is 0.493 e. The highest BCUT2D eigenvalue weighted by Crippen LogP contribution is 2.31. The van der Waals surface area contributed by atoms with Gasteiger partial charge in [-0.2, -0.15) is 0 Å². The summed E-state index contributed by atoms with van der Waals surface area (Å²) in [6.45, 7) is 3.19. The summed E-state index contributed by atoms with van der Waals surface area (Å²) >= 11 is 0. The minimum atomic E-state index is 0.670. The van der Waals surface area contributed by atoms with Gasteiger partial charge >= 0.3 is 0 Å². The van der Waals surface area contributed by atoms with Crippen molar-refractivity contribution in [2.45, 2.75) is 25.4 Å². The van der Waals surface area contributed by atoms with Gasteiger partial charge in [0, 0.05) is 18.2 Å². The van der Waals surface area contributed by atoms with Gasteiger partial charge in [0.1, 0.15) is 0 Å². The lowest BCUT2D eigenvalue weighted by Crippen LogP contribution is -2.40. The molecule has 0 amide bonds. The van der Waals surface area contributed by atoms with Gasteiger partial charge in [-0.1, -0.05) is 12.1 Å². The number of benzene rings is 1. The van der Waals surface area contributed by atoms with Crippen LogP contribution in [0.5, 0.6) is 11.5 Å². The number of nitrogens with one attached hydrogen (secondary N) is 1. The van der Waals surface area contributed by atoms with E-state index in [4.69, 9.17) is 9.47 Å². The lowest BCUT2D eigenvalue weighted by atomic mass is 10.0. The van der Waals surface area contributed by atoms with Crippen LogP contribution in [-0.2, 0) is 6.54 Å². The Bertz CT molecular complexity index is 401. The van der Waals surface area contributed by atoms with Crippen LogP contribution in [0.4, 0.5) is 0 Å². The van der Waals surface area contributed by atoms with E-state index in [0.717, 1.165) is 31.1 Å². The van der Waals surface area contributed by atoms with Gasteiger partial charge in [0.15, 0.2) is 11.5 Å². The summed E-state index contributed by atoms with van der Waals surface area (Å²) < 4.78 is 10.8. The van der Waals surface area contributed by atoms with Crippen LogP contribution < -0.4 is 14.8 Å². The number of likely N-dealkylation sites (tertiary alicyclic amines) is 1. The Morgan fingerprint density at radius 1 is 1.21 bits per heavy atom. The number of hydrogen-bond acceptors (Lipinski definition) is 4. The van der Waals surface area contributed by atoms with Gasteiger partial charge in [-0.05, 0) is 39.0 Å². The molecule has 1 N–H and O–H groups in total. The number of ether oxygens (including phenoxy) is 2. The summed E-state index contributed by atoms with van der Waals surface area (Å²) in [5.41, 5.74) is 1.20. The zero-order chi connectivity index (χ0) is 13.7. The first-order valence-corrected chi connectivity index (χ1v) is 6.88. The monoisotopic (exact) mass is 264 g/mol. The second-order valence-corrected chi connectivity index (χ2v) is 4.99. The molecule has 0 aromatic heterocycles. The third-order valence-corrected chi connectivity index (χ3v) is 3.87. The number of methoxy groups -OCH3 is 2. The topological polar surface area (TPSA) is 33.7 Å². The molecule has 1 saturated heterocycles. The summed E-state index contributed by atoms with van der Waals surface area (Å²) in [5, 5.41) is 3.36. The van der Waals surface area contributed by atoms with Crippen LogP contribution in [-0.4, -0.2) is 45.3 Å². The van der Waals surface area contributed by atoms with Crippen LogP contribution >= 0.6 is 0 Å². The van der Waals surface area contributed by atoms with Crippen molar-refractivity contribution in [3.63, 3.8) is 0 Å². The maximum absolute atomic E-state index is 5.49. The van der Waals surface area contributed by atoms with Crippen molar-refractivity contribution < 1.29 is 9.47 Å². The van der Waals surface area contributed by atoms with Crippen LogP contribution in [0.2, 0.25) is 0 Å². The molecule has 1 aliphatic rings. The highest BCUT2D eigenvalue weighted by molar-refractivity contribution is 5.46. The minimum absolute atomic E-state index is 0.670. The number of hydrogen-bond donors (Lipinski definition) is 1. The molecule has 0 spiro atoms. The fraction of sp³-hybridized carbons (Fsp3) is 0.600. The lowest BCUT2D eigenvalue weighted by Gasteiger charge is -2.32. The van der Waals surface area contributed by atoms with Crippen molar-refractivity contribution in [3.05, 3.63) is 23.8 Å². The highest BCUT2D eigenvalue weighted by atomic mass is 16.5. The van der Waals surface area contributed by atoms with E-state index in [9.17, 15) is 0 Å². The lowest BCUT2D eigenvalue weighted by molar-refractivity contribution is 0.192. The number of rotatable bonds is 5. The third-order valence-electron chi connectivity index (χ3n) is 3.87. The summed E-state index contributed by atoms with van der Waals surface area (Å²) in [6, 6.07) is 6.75. The van der Waals surface area contributed by atoms with Gasteiger partial charge in [-0.3, -0.25) is 4.90 Å². The van der Waals surface area contributed by atoms with E-state index in [1.807, 2.05) is 19.2 Å². The Morgan fingerprint density at radius 2 is 1.95 bits per heavy atom. The normalized spacial score (nSPS) is 17.4. The van der Waals surface area contributed by atoms with Gasteiger partial charge in [0.05, 0.1) is 14.2 Å². The molecule has 0 atom stereocenters. The second kappa shape index (κ2) is 6.78. The van der Waals surface area contributed by atoms with E-state index in [0.29, 0.717) is 6.04 Å². The molecule has 0 radical (unpaired) electrons. The van der Waals surface area contributed by atoms with Crippen LogP contribution in [0.25, 0.3) is 0 Å². The Hall–Kier alpha value is -1.26. The van der Waals surface area contributed by atoms with E-state index in [2.05, 4.69) is 16.3 Å². The Labute approximate surface area is 115 Å². The van der Waals surface area contributed by atoms with Crippen LogP contribution in [0.1, 0.15) is 18.4 Å². The van der Waals surface area contributed by atoms with Crippen molar-refractivity contribution in [2.24, 2.45) is 0 Å². The summed E-state index contributed by atoms with van der Waals surface area (Å²) in [6.07, 6.45) is 2.42. The molecular formula is C15H24N2O2. The van der Waals surface area contributed by atoms with Crippen molar-refractivity contribution in [1.29, 1.82) is 0 Å². The first-order valence-electron chi connectivity index (χ1n) is 6.88. The first-order chi connectivity index (χ1) is 9.28. The number of para-hydroxylation sites is 1. The average molecular weight is 264 g/mol. The molecule has 0 saturated carbocycles. The van der Waals surface area contributed by atoms with Crippen LogP contribution in [0, 0.1) is 0 Å². The third kappa shape index (κ3) is 3.39. The molecule has 4 nitrogen and oxygen atoms in total. The molecule has 1 aromatic carbocycles. The van der Waals surface area contributed by atoms with Gasteiger partial charge in [-0.15, -0.1) is 0 Å². The number of nitrogens with zero attached hydrogens (tertiary/aromatic N) is 1. The molecule has 1 aromatic rings. The first kappa shape index (κ1) is 14.2. The molecule has 106 valence electrons. The van der Waals surface area contributed by atoms with Crippen molar-refractivity contribution in [1.82, 2.24) is 10.2 Å². The van der Waals surface area contributed by atoms with Crippen LogP contribution in [0.15, 0.2) is 18.2 Å². The maximum atomic E-state index is 5.49. The summed E-state index contributed by atoms with van der Waals surface area (Å²) in [7, 11) is 5.43. The maximum Gasteiger partial charge on any atom is 0.165 e. The SMILES string of the molecule is CNC1CCN(Cc2cccc(OC)c2OC)CC1. The Balaban J connectivity index is 2.03. The van der Waals surface area contributed by atoms with Crippen molar-refractivity contribution in [3.8, 4) is 11.5 Å². The molecule has 1 heterocycles. The van der Waals surface area contributed by atoms with Gasteiger partial charge in [0.25, 0.3) is 0 Å². The predicted octanol–water partition coefficient (Wildman–Crippen LogP) is 1.89. The van der Waals surface area contributed by atoms with Gasteiger partial charge in [0.2, 0.25) is 0 Å².